The predicted octanol–water partition coefficient (Wildman–Crippen LogP) is 2.48. The van der Waals surface area contributed by atoms with Crippen LogP contribution in [0.2, 0.25) is 0 Å². The third kappa shape index (κ3) is 3.90. The number of rotatable bonds is 6. The lowest BCUT2D eigenvalue weighted by Crippen LogP contribution is -2.37. The van der Waals surface area contributed by atoms with E-state index >= 15 is 0 Å². The number of hydrogen-bond donors (Lipinski definition) is 1. The van der Waals surface area contributed by atoms with Gasteiger partial charge in [0.05, 0.1) is 0 Å². The summed E-state index contributed by atoms with van der Waals surface area (Å²) in [6.07, 6.45) is -0.464. The largest absolute Gasteiger partial charge is 0.386 e. The molecule has 0 aliphatic heterocycles. The molecule has 0 saturated carbocycles. The molecule has 0 bridgehead atoms. The molecular weight excluding hydrogens is 254 g/mol. The maximum Gasteiger partial charge on any atom is 0.242 e. The van der Waals surface area contributed by atoms with Crippen molar-refractivity contribution in [2.45, 2.75) is 25.0 Å². The summed E-state index contributed by atoms with van der Waals surface area (Å²) in [5.41, 5.74) is 1.77. The molecule has 4 heteroatoms. The van der Waals surface area contributed by atoms with E-state index in [9.17, 15) is 15.2 Å². The Balaban J connectivity index is 2.06. The van der Waals surface area contributed by atoms with Crippen molar-refractivity contribution in [2.75, 3.05) is 0 Å². The van der Waals surface area contributed by atoms with Crippen molar-refractivity contribution in [3.63, 3.8) is 0 Å². The summed E-state index contributed by atoms with van der Waals surface area (Å²) < 4.78 is 0. The van der Waals surface area contributed by atoms with Gasteiger partial charge in [-0.1, -0.05) is 60.7 Å². The maximum absolute atomic E-state index is 11.2. The van der Waals surface area contributed by atoms with E-state index in [1.807, 2.05) is 60.7 Å². The first-order valence-electron chi connectivity index (χ1n) is 6.56. The summed E-state index contributed by atoms with van der Waals surface area (Å²) in [5.74, 6) is 0. The quantitative estimate of drug-likeness (QED) is 0.648. The summed E-state index contributed by atoms with van der Waals surface area (Å²) in [6.45, 7) is 0. The molecule has 1 N–H and O–H groups in total. The van der Waals surface area contributed by atoms with Crippen molar-refractivity contribution in [3.8, 4) is 0 Å². The van der Waals surface area contributed by atoms with E-state index in [1.165, 1.54) is 0 Å². The molecule has 0 aromatic heterocycles. The molecule has 0 aliphatic rings. The van der Waals surface area contributed by atoms with Gasteiger partial charge < -0.3 is 5.11 Å². The van der Waals surface area contributed by atoms with Crippen molar-refractivity contribution in [3.05, 3.63) is 81.9 Å². The van der Waals surface area contributed by atoms with E-state index in [-0.39, 0.29) is 11.3 Å². The van der Waals surface area contributed by atoms with E-state index in [0.29, 0.717) is 6.42 Å². The molecule has 0 radical (unpaired) electrons. The SMILES string of the molecule is O=[N+]([O-])[C@@H](Cc1ccccc1)[C@H](O)Cc1ccccc1. The van der Waals surface area contributed by atoms with Crippen LogP contribution in [0.4, 0.5) is 0 Å². The molecule has 0 aliphatic carbocycles. The monoisotopic (exact) mass is 271 g/mol. The smallest absolute Gasteiger partial charge is 0.242 e. The van der Waals surface area contributed by atoms with E-state index in [0.717, 1.165) is 11.1 Å². The number of nitro groups is 1. The zero-order valence-electron chi connectivity index (χ0n) is 11.1. The molecule has 0 unspecified atom stereocenters. The fourth-order valence-corrected chi connectivity index (χ4v) is 2.20. The van der Waals surface area contributed by atoms with Gasteiger partial charge in [-0.05, 0) is 11.1 Å². The first-order chi connectivity index (χ1) is 9.66. The van der Waals surface area contributed by atoms with Crippen LogP contribution in [0.15, 0.2) is 60.7 Å². The molecule has 2 rings (SSSR count). The van der Waals surface area contributed by atoms with Gasteiger partial charge in [0.25, 0.3) is 0 Å². The number of nitrogens with zero attached hydrogens (tertiary/aromatic N) is 1. The van der Waals surface area contributed by atoms with Gasteiger partial charge >= 0.3 is 0 Å². The van der Waals surface area contributed by atoms with Crippen LogP contribution >= 0.6 is 0 Å². The van der Waals surface area contributed by atoms with E-state index in [1.54, 1.807) is 0 Å². The van der Waals surface area contributed by atoms with Crippen LogP contribution in [0.3, 0.4) is 0 Å². The second-order valence-electron chi connectivity index (χ2n) is 4.80. The van der Waals surface area contributed by atoms with Crippen LogP contribution in [-0.2, 0) is 12.8 Å². The Morgan fingerprint density at radius 2 is 1.35 bits per heavy atom. The van der Waals surface area contributed by atoms with Crippen LogP contribution in [0.25, 0.3) is 0 Å². The van der Waals surface area contributed by atoms with Crippen LogP contribution in [0, 0.1) is 10.1 Å². The molecule has 0 saturated heterocycles. The molecule has 4 nitrogen and oxygen atoms in total. The van der Waals surface area contributed by atoms with Crippen LogP contribution < -0.4 is 0 Å². The second-order valence-corrected chi connectivity index (χ2v) is 4.80. The second kappa shape index (κ2) is 6.82. The lowest BCUT2D eigenvalue weighted by atomic mass is 9.97. The summed E-state index contributed by atoms with van der Waals surface area (Å²) in [6, 6.07) is 17.6. The van der Waals surface area contributed by atoms with Gasteiger partial charge in [-0.25, -0.2) is 0 Å². The highest BCUT2D eigenvalue weighted by Crippen LogP contribution is 2.13. The number of benzene rings is 2. The first kappa shape index (κ1) is 14.2. The highest BCUT2D eigenvalue weighted by molar-refractivity contribution is 5.18. The highest BCUT2D eigenvalue weighted by atomic mass is 16.6. The molecule has 2 atom stereocenters. The number of aliphatic hydroxyl groups is 1. The molecule has 0 heterocycles. The molecule has 0 fully saturated rings. The van der Waals surface area contributed by atoms with Gasteiger partial charge in [0.1, 0.15) is 6.10 Å². The Bertz CT molecular complexity index is 542. The molecule has 0 amide bonds. The third-order valence-electron chi connectivity index (χ3n) is 3.29. The summed E-state index contributed by atoms with van der Waals surface area (Å²) in [4.78, 5) is 10.8. The van der Waals surface area contributed by atoms with Crippen molar-refractivity contribution in [1.29, 1.82) is 0 Å². The summed E-state index contributed by atoms with van der Waals surface area (Å²) in [7, 11) is 0. The fraction of sp³-hybridized carbons (Fsp3) is 0.250. The molecule has 0 spiro atoms. The summed E-state index contributed by atoms with van der Waals surface area (Å²) >= 11 is 0. The molecule has 20 heavy (non-hydrogen) atoms. The normalized spacial score (nSPS) is 13.7. The van der Waals surface area contributed by atoms with Crippen molar-refractivity contribution >= 4 is 0 Å². The number of aliphatic hydroxyl groups excluding tert-OH is 1. The van der Waals surface area contributed by atoms with Crippen LogP contribution in [0.5, 0.6) is 0 Å². The lowest BCUT2D eigenvalue weighted by Gasteiger charge is -2.16. The maximum atomic E-state index is 11.2. The van der Waals surface area contributed by atoms with Gasteiger partial charge in [-0.2, -0.15) is 0 Å². The average molecular weight is 271 g/mol. The van der Waals surface area contributed by atoms with Crippen molar-refractivity contribution in [2.24, 2.45) is 0 Å². The minimum Gasteiger partial charge on any atom is -0.386 e. The Labute approximate surface area is 117 Å². The Morgan fingerprint density at radius 3 is 1.80 bits per heavy atom. The van der Waals surface area contributed by atoms with E-state index in [4.69, 9.17) is 0 Å². The Kier molecular flexibility index (Phi) is 4.85. The van der Waals surface area contributed by atoms with Gasteiger partial charge in [0, 0.05) is 17.8 Å². The fourth-order valence-electron chi connectivity index (χ4n) is 2.20. The Hall–Kier alpha value is -2.20. The molecule has 2 aromatic rings. The molecule has 2 aromatic carbocycles. The standard InChI is InChI=1S/C16H17NO3/c18-16(12-14-9-5-2-6-10-14)15(17(19)20)11-13-7-3-1-4-8-13/h1-10,15-16,18H,11-12H2/t15-,16+/m0/s1. The predicted molar refractivity (Wildman–Crippen MR) is 77.1 cm³/mol. The van der Waals surface area contributed by atoms with E-state index in [2.05, 4.69) is 0 Å². The summed E-state index contributed by atoms with van der Waals surface area (Å²) in [5, 5.41) is 21.3. The number of hydrogen-bond acceptors (Lipinski definition) is 3. The Morgan fingerprint density at radius 1 is 0.900 bits per heavy atom. The minimum atomic E-state index is -0.993. The molecular formula is C16H17NO3. The zero-order valence-corrected chi connectivity index (χ0v) is 11.1. The minimum absolute atomic E-state index is 0.238. The zero-order chi connectivity index (χ0) is 14.4. The van der Waals surface area contributed by atoms with E-state index < -0.39 is 12.1 Å². The third-order valence-corrected chi connectivity index (χ3v) is 3.29. The van der Waals surface area contributed by atoms with Gasteiger partial charge in [-0.3, -0.25) is 10.1 Å². The first-order valence-corrected chi connectivity index (χ1v) is 6.56. The van der Waals surface area contributed by atoms with Gasteiger partial charge in [0.2, 0.25) is 6.04 Å². The van der Waals surface area contributed by atoms with Crippen molar-refractivity contribution in [1.82, 2.24) is 0 Å². The van der Waals surface area contributed by atoms with Crippen LogP contribution in [-0.4, -0.2) is 22.2 Å². The average Bonchev–Trinajstić information content (AvgIpc) is 2.46. The van der Waals surface area contributed by atoms with Gasteiger partial charge in [-0.15, -0.1) is 0 Å². The van der Waals surface area contributed by atoms with Crippen molar-refractivity contribution < 1.29 is 10.0 Å². The van der Waals surface area contributed by atoms with Gasteiger partial charge in [0.15, 0.2) is 0 Å². The highest BCUT2D eigenvalue weighted by Gasteiger charge is 2.30. The topological polar surface area (TPSA) is 63.4 Å². The molecule has 104 valence electrons. The van der Waals surface area contributed by atoms with Crippen LogP contribution in [0.1, 0.15) is 11.1 Å². The lowest BCUT2D eigenvalue weighted by molar-refractivity contribution is -0.533.